The first-order valence-corrected chi connectivity index (χ1v) is 15.8. The predicted molar refractivity (Wildman–Crippen MR) is 176 cm³/mol. The van der Waals surface area contributed by atoms with Gasteiger partial charge in [-0.15, -0.1) is 11.3 Å². The zero-order chi connectivity index (χ0) is 33.4. The highest BCUT2D eigenvalue weighted by molar-refractivity contribution is 7.18. The number of carbonyl (C=O) groups excluding carboxylic acids is 1. The van der Waals surface area contributed by atoms with E-state index in [-0.39, 0.29) is 48.6 Å². The van der Waals surface area contributed by atoms with Crippen LogP contribution in [0.5, 0.6) is 0 Å². The highest BCUT2D eigenvalue weighted by atomic mass is 32.1. The zero-order valence-electron chi connectivity index (χ0n) is 26.4. The van der Waals surface area contributed by atoms with E-state index in [4.69, 9.17) is 19.6 Å². The molecule has 244 valence electrons. The number of allylic oxidation sites excluding steroid dienone is 3. The molecule has 0 bridgehead atoms. The fourth-order valence-corrected chi connectivity index (χ4v) is 6.84. The Labute approximate surface area is 273 Å². The quantitative estimate of drug-likeness (QED) is 0.0897. The normalized spacial score (nSPS) is 15.8. The van der Waals surface area contributed by atoms with Crippen LogP contribution in [0.25, 0.3) is 49.2 Å². The molecule has 0 N–H and O–H groups in total. The summed E-state index contributed by atoms with van der Waals surface area (Å²) in [6, 6.07) is 8.52. The van der Waals surface area contributed by atoms with Crippen molar-refractivity contribution in [2.75, 3.05) is 33.5 Å². The molecular formula is C34H33F3N6O3S. The van der Waals surface area contributed by atoms with Crippen LogP contribution in [0.1, 0.15) is 31.1 Å². The number of methoxy groups -OCH3 is 1. The molecule has 0 unspecified atom stereocenters. The van der Waals surface area contributed by atoms with Gasteiger partial charge in [0.05, 0.1) is 71.7 Å². The Hall–Kier alpha value is -4.59. The van der Waals surface area contributed by atoms with Crippen molar-refractivity contribution >= 4 is 43.8 Å². The number of nitrogens with zero attached hydrogens (tertiary/aromatic N) is 6. The smallest absolute Gasteiger partial charge is 0.246 e. The van der Waals surface area contributed by atoms with Gasteiger partial charge in [0.2, 0.25) is 5.91 Å². The second-order valence-corrected chi connectivity index (χ2v) is 12.2. The molecule has 1 amide bonds. The Balaban J connectivity index is 1.64. The summed E-state index contributed by atoms with van der Waals surface area (Å²) in [5.41, 5.74) is 3.69. The minimum absolute atomic E-state index is 0.0138. The molecule has 4 aromatic heterocycles. The number of hydrogen-bond acceptors (Lipinski definition) is 7. The summed E-state index contributed by atoms with van der Waals surface area (Å²) in [7, 11) is 3.36. The Morgan fingerprint density at radius 2 is 1.98 bits per heavy atom. The van der Waals surface area contributed by atoms with Gasteiger partial charge in [0.25, 0.3) is 0 Å². The molecule has 9 nitrogen and oxygen atoms in total. The van der Waals surface area contributed by atoms with Crippen LogP contribution in [0.3, 0.4) is 0 Å². The molecule has 0 radical (unpaired) electrons. The van der Waals surface area contributed by atoms with E-state index in [1.807, 2.05) is 32.2 Å². The molecule has 1 aromatic carbocycles. The third-order valence-electron chi connectivity index (χ3n) is 8.22. The van der Waals surface area contributed by atoms with Crippen molar-refractivity contribution in [2.24, 2.45) is 7.05 Å². The number of fused-ring (bicyclic) bond motifs is 3. The van der Waals surface area contributed by atoms with E-state index >= 15 is 8.78 Å². The summed E-state index contributed by atoms with van der Waals surface area (Å²) in [6.07, 6.45) is 3.79. The summed E-state index contributed by atoms with van der Waals surface area (Å²) in [4.78, 5) is 19.4. The highest BCUT2D eigenvalue weighted by Crippen LogP contribution is 2.44. The average molecular weight is 663 g/mol. The topological polar surface area (TPSA) is 87.3 Å². The first-order valence-electron chi connectivity index (χ1n) is 15.0. The maximum atomic E-state index is 16.1. The van der Waals surface area contributed by atoms with Crippen LogP contribution < -0.4 is 0 Å². The van der Waals surface area contributed by atoms with E-state index in [0.717, 1.165) is 40.9 Å². The molecule has 6 rings (SSSR count). The van der Waals surface area contributed by atoms with E-state index in [2.05, 4.69) is 11.7 Å². The molecule has 13 heteroatoms. The highest BCUT2D eigenvalue weighted by Gasteiger charge is 2.31. The van der Waals surface area contributed by atoms with Gasteiger partial charge in [0.1, 0.15) is 11.5 Å². The number of thiophene rings is 1. The predicted octanol–water partition coefficient (Wildman–Crippen LogP) is 7.16. The molecule has 0 aliphatic carbocycles. The summed E-state index contributed by atoms with van der Waals surface area (Å²) < 4.78 is 60.4. The van der Waals surface area contributed by atoms with Crippen molar-refractivity contribution in [1.82, 2.24) is 29.4 Å². The number of pyridine rings is 1. The van der Waals surface area contributed by atoms with Gasteiger partial charge in [-0.05, 0) is 44.2 Å². The summed E-state index contributed by atoms with van der Waals surface area (Å²) in [5.74, 6) is -1.84. The van der Waals surface area contributed by atoms with Crippen molar-refractivity contribution in [3.8, 4) is 22.6 Å². The molecule has 1 atom stereocenters. The lowest BCUT2D eigenvalue weighted by molar-refractivity contribution is -0.129. The Morgan fingerprint density at radius 3 is 2.72 bits per heavy atom. The molecule has 5 aromatic rings. The minimum atomic E-state index is -0.886. The van der Waals surface area contributed by atoms with Gasteiger partial charge in [-0.1, -0.05) is 12.6 Å². The van der Waals surface area contributed by atoms with Gasteiger partial charge in [0.15, 0.2) is 5.13 Å². The second kappa shape index (κ2) is 13.3. The van der Waals surface area contributed by atoms with Gasteiger partial charge in [-0.3, -0.25) is 14.2 Å². The standard InChI is InChI=1S/C34H33F3N6O3S/c1-6-30(44)42-9-10-43-28(20(42)3)16-26(40-43)33-31(24(18-46-12-11-45-5)25(36)13-19(2)35)23-15-29(37)47-34(23)32(39-33)21-7-8-27-22(14-21)17-38-41(27)4/h6-8,13-17,20H,1,9-12,18H2,2-5H3/b19-13+,25-24?/t20-/m1/s1. The van der Waals surface area contributed by atoms with Gasteiger partial charge in [-0.25, -0.2) is 13.8 Å². The number of aryl methyl sites for hydroxylation is 1. The summed E-state index contributed by atoms with van der Waals surface area (Å²) in [6.45, 7) is 7.60. The van der Waals surface area contributed by atoms with Crippen molar-refractivity contribution in [3.63, 3.8) is 0 Å². The van der Waals surface area contributed by atoms with Crippen molar-refractivity contribution in [1.29, 1.82) is 0 Å². The number of ether oxygens (including phenoxy) is 2. The molecular weight excluding hydrogens is 629 g/mol. The Bertz CT molecular complexity index is 2070. The van der Waals surface area contributed by atoms with Gasteiger partial charge in [0, 0.05) is 54.3 Å². The maximum absolute atomic E-state index is 16.1. The van der Waals surface area contributed by atoms with Crippen LogP contribution in [0.15, 0.2) is 66.9 Å². The van der Waals surface area contributed by atoms with E-state index in [0.29, 0.717) is 40.1 Å². The number of rotatable bonds is 10. The third-order valence-corrected chi connectivity index (χ3v) is 9.15. The fourth-order valence-electron chi connectivity index (χ4n) is 5.94. The SMILES string of the molecule is C=CC(=O)N1CCn2nc(-c3nc(-c4ccc5c(cnn5C)c4)c4sc(F)cc4c3C(COCCOC)=C(F)/C=C(\C)F)cc2[C@H]1C. The van der Waals surface area contributed by atoms with Crippen LogP contribution in [-0.2, 0) is 27.9 Å². The largest absolute Gasteiger partial charge is 0.382 e. The number of benzene rings is 1. The van der Waals surface area contributed by atoms with Gasteiger partial charge >= 0.3 is 0 Å². The Morgan fingerprint density at radius 1 is 1.17 bits per heavy atom. The summed E-state index contributed by atoms with van der Waals surface area (Å²) >= 11 is 0.886. The molecule has 1 aliphatic heterocycles. The number of halogens is 3. The maximum Gasteiger partial charge on any atom is 0.246 e. The van der Waals surface area contributed by atoms with Crippen LogP contribution >= 0.6 is 11.3 Å². The number of aromatic nitrogens is 5. The lowest BCUT2D eigenvalue weighted by Crippen LogP contribution is -2.40. The zero-order valence-corrected chi connectivity index (χ0v) is 27.2. The lowest BCUT2D eigenvalue weighted by Gasteiger charge is -2.33. The molecule has 0 fully saturated rings. The Kier molecular flexibility index (Phi) is 9.13. The van der Waals surface area contributed by atoms with Crippen molar-refractivity contribution in [2.45, 2.75) is 26.4 Å². The molecule has 0 saturated carbocycles. The number of carbonyl (C=O) groups is 1. The molecule has 5 heterocycles. The van der Waals surface area contributed by atoms with Crippen molar-refractivity contribution in [3.05, 3.63) is 83.3 Å². The number of hydrogen-bond donors (Lipinski definition) is 0. The minimum Gasteiger partial charge on any atom is -0.382 e. The summed E-state index contributed by atoms with van der Waals surface area (Å²) in [5, 5.41) is 9.94. The molecule has 47 heavy (non-hydrogen) atoms. The van der Waals surface area contributed by atoms with Crippen LogP contribution in [0.2, 0.25) is 0 Å². The van der Waals surface area contributed by atoms with E-state index in [9.17, 15) is 9.18 Å². The van der Waals surface area contributed by atoms with E-state index in [1.165, 1.54) is 19.3 Å². The first kappa shape index (κ1) is 32.4. The van der Waals surface area contributed by atoms with E-state index in [1.54, 1.807) is 26.5 Å². The van der Waals surface area contributed by atoms with E-state index < -0.39 is 16.8 Å². The average Bonchev–Trinajstić information content (AvgIpc) is 3.76. The third kappa shape index (κ3) is 6.13. The molecule has 1 aliphatic rings. The van der Waals surface area contributed by atoms with Crippen molar-refractivity contribution < 1.29 is 27.4 Å². The second-order valence-electron chi connectivity index (χ2n) is 11.2. The molecule has 0 spiro atoms. The molecule has 0 saturated heterocycles. The van der Waals surface area contributed by atoms with Gasteiger partial charge in [-0.2, -0.15) is 14.6 Å². The number of amides is 1. The lowest BCUT2D eigenvalue weighted by atomic mass is 9.95. The van der Waals surface area contributed by atoms with Gasteiger partial charge < -0.3 is 14.4 Å². The van der Waals surface area contributed by atoms with Crippen LogP contribution in [0, 0.1) is 5.13 Å². The fraction of sp³-hybridized carbons (Fsp3) is 0.294. The first-order chi connectivity index (χ1) is 22.6. The monoisotopic (exact) mass is 662 g/mol. The van der Waals surface area contributed by atoms with Crippen LogP contribution in [-0.4, -0.2) is 68.8 Å². The van der Waals surface area contributed by atoms with Crippen LogP contribution in [0.4, 0.5) is 13.2 Å².